The van der Waals surface area contributed by atoms with E-state index in [1.54, 1.807) is 0 Å². The molecule has 0 amide bonds. The van der Waals surface area contributed by atoms with Crippen molar-refractivity contribution in [3.8, 4) is 0 Å². The van der Waals surface area contributed by atoms with Gasteiger partial charge in [-0.05, 0) is 6.42 Å². The second-order valence-corrected chi connectivity index (χ2v) is 1.77. The van der Waals surface area contributed by atoms with E-state index in [1.165, 1.54) is 0 Å². The van der Waals surface area contributed by atoms with Gasteiger partial charge in [-0.15, -0.1) is 0 Å². The Morgan fingerprint density at radius 1 is 1.88 bits per heavy atom. The molecular formula is C5H11NO2. The van der Waals surface area contributed by atoms with E-state index in [-0.39, 0.29) is 12.5 Å². The second kappa shape index (κ2) is 3.43. The monoisotopic (exact) mass is 117 g/mol. The number of aliphatic carboxylic acids is 1. The van der Waals surface area contributed by atoms with E-state index in [9.17, 15) is 4.79 Å². The average Bonchev–Trinajstić information content (AvgIpc) is 1.65. The molecule has 3 N–H and O–H groups in total. The minimum atomic E-state index is -0.820. The molecule has 1 atom stereocenters. The highest BCUT2D eigenvalue weighted by molar-refractivity contribution is 5.67. The standard InChI is InChI=1S/C5H11NO2/c1-2-4(6)3-5(7)8/h4H,2-3,6H2,1H3,(H,7,8)/t4-/m0/s1. The van der Waals surface area contributed by atoms with Crippen LogP contribution in [0.3, 0.4) is 0 Å². The van der Waals surface area contributed by atoms with Gasteiger partial charge in [0.2, 0.25) is 0 Å². The van der Waals surface area contributed by atoms with Crippen molar-refractivity contribution in [2.75, 3.05) is 0 Å². The van der Waals surface area contributed by atoms with Gasteiger partial charge < -0.3 is 10.8 Å². The quantitative estimate of drug-likeness (QED) is 0.555. The molecule has 0 aliphatic rings. The number of nitrogens with two attached hydrogens (primary N) is 1. The first-order valence-corrected chi connectivity index (χ1v) is 2.64. The third-order valence-electron chi connectivity index (χ3n) is 0.961. The first-order chi connectivity index (χ1) is 3.66. The molecule has 0 bridgehead atoms. The van der Waals surface area contributed by atoms with Crippen molar-refractivity contribution in [1.29, 1.82) is 0 Å². The highest BCUT2D eigenvalue weighted by Crippen LogP contribution is 1.91. The Morgan fingerprint density at radius 3 is 2.50 bits per heavy atom. The summed E-state index contributed by atoms with van der Waals surface area (Å²) in [5.74, 6) is -0.820. The van der Waals surface area contributed by atoms with Crippen molar-refractivity contribution < 1.29 is 9.90 Å². The number of carboxylic acid groups (broad SMARTS) is 1. The van der Waals surface area contributed by atoms with Gasteiger partial charge in [-0.1, -0.05) is 6.92 Å². The molecule has 0 fully saturated rings. The summed E-state index contributed by atoms with van der Waals surface area (Å²) < 4.78 is 0. The van der Waals surface area contributed by atoms with Gasteiger partial charge in [0.05, 0.1) is 6.42 Å². The first kappa shape index (κ1) is 7.43. The fourth-order valence-electron chi connectivity index (χ4n) is 0.369. The maximum Gasteiger partial charge on any atom is 0.304 e. The van der Waals surface area contributed by atoms with Gasteiger partial charge in [0.1, 0.15) is 0 Å². The predicted molar refractivity (Wildman–Crippen MR) is 30.5 cm³/mol. The number of rotatable bonds is 3. The van der Waals surface area contributed by atoms with Gasteiger partial charge in [0.15, 0.2) is 0 Å². The molecule has 0 radical (unpaired) electrons. The molecule has 48 valence electrons. The number of hydrogen-bond acceptors (Lipinski definition) is 2. The summed E-state index contributed by atoms with van der Waals surface area (Å²) in [7, 11) is 0. The third kappa shape index (κ3) is 3.61. The van der Waals surface area contributed by atoms with Crippen molar-refractivity contribution in [3.05, 3.63) is 0 Å². The summed E-state index contributed by atoms with van der Waals surface area (Å²) in [6.07, 6.45) is 0.808. The van der Waals surface area contributed by atoms with Crippen molar-refractivity contribution in [2.45, 2.75) is 25.8 Å². The summed E-state index contributed by atoms with van der Waals surface area (Å²) in [6.45, 7) is 1.87. The van der Waals surface area contributed by atoms with E-state index < -0.39 is 5.97 Å². The lowest BCUT2D eigenvalue weighted by atomic mass is 10.2. The molecule has 0 aromatic heterocycles. The van der Waals surface area contributed by atoms with Gasteiger partial charge >= 0.3 is 5.97 Å². The molecule has 0 heterocycles. The van der Waals surface area contributed by atoms with Crippen LogP contribution in [-0.2, 0) is 4.79 Å². The predicted octanol–water partition coefficient (Wildman–Crippen LogP) is 0.198. The topological polar surface area (TPSA) is 63.3 Å². The van der Waals surface area contributed by atoms with Gasteiger partial charge in [0.25, 0.3) is 0 Å². The third-order valence-corrected chi connectivity index (χ3v) is 0.961. The average molecular weight is 117 g/mol. The van der Waals surface area contributed by atoms with E-state index in [4.69, 9.17) is 10.8 Å². The van der Waals surface area contributed by atoms with Crippen molar-refractivity contribution in [3.63, 3.8) is 0 Å². The number of carboxylic acids is 1. The fourth-order valence-corrected chi connectivity index (χ4v) is 0.369. The van der Waals surface area contributed by atoms with Crippen LogP contribution in [-0.4, -0.2) is 17.1 Å². The zero-order valence-corrected chi connectivity index (χ0v) is 4.92. The van der Waals surface area contributed by atoms with Crippen LogP contribution in [0.2, 0.25) is 0 Å². The van der Waals surface area contributed by atoms with E-state index >= 15 is 0 Å². The Bertz CT molecular complexity index is 82.5. The highest BCUT2D eigenvalue weighted by atomic mass is 16.4. The Balaban J connectivity index is 3.24. The molecule has 0 unspecified atom stereocenters. The maximum absolute atomic E-state index is 9.89. The van der Waals surface area contributed by atoms with Crippen LogP contribution in [0.15, 0.2) is 0 Å². The van der Waals surface area contributed by atoms with Gasteiger partial charge in [0, 0.05) is 6.04 Å². The molecule has 3 nitrogen and oxygen atoms in total. The van der Waals surface area contributed by atoms with E-state index in [1.807, 2.05) is 6.92 Å². The molecule has 0 rings (SSSR count). The van der Waals surface area contributed by atoms with Gasteiger partial charge in [-0.2, -0.15) is 0 Å². The molecule has 0 aliphatic carbocycles. The maximum atomic E-state index is 9.89. The molecule has 0 aromatic rings. The minimum Gasteiger partial charge on any atom is -0.481 e. The lowest BCUT2D eigenvalue weighted by molar-refractivity contribution is -0.137. The van der Waals surface area contributed by atoms with Crippen LogP contribution < -0.4 is 5.73 Å². The summed E-state index contributed by atoms with van der Waals surface area (Å²) in [6, 6.07) is -0.174. The fraction of sp³-hybridized carbons (Fsp3) is 0.800. The van der Waals surface area contributed by atoms with E-state index in [2.05, 4.69) is 0 Å². The summed E-state index contributed by atoms with van der Waals surface area (Å²) in [4.78, 5) is 9.89. The van der Waals surface area contributed by atoms with Gasteiger partial charge in [-0.25, -0.2) is 0 Å². The Kier molecular flexibility index (Phi) is 3.19. The molecule has 0 aliphatic heterocycles. The van der Waals surface area contributed by atoms with Crippen LogP contribution in [0.1, 0.15) is 19.8 Å². The van der Waals surface area contributed by atoms with Crippen LogP contribution in [0.4, 0.5) is 0 Å². The van der Waals surface area contributed by atoms with Gasteiger partial charge in [-0.3, -0.25) is 4.79 Å². The highest BCUT2D eigenvalue weighted by Gasteiger charge is 2.03. The minimum absolute atomic E-state index is 0.0799. The molecule has 0 spiro atoms. The molecule has 0 saturated carbocycles. The van der Waals surface area contributed by atoms with Crippen LogP contribution in [0, 0.1) is 0 Å². The smallest absolute Gasteiger partial charge is 0.304 e. The number of carbonyl (C=O) groups is 1. The van der Waals surface area contributed by atoms with E-state index in [0.717, 1.165) is 6.42 Å². The Morgan fingerprint density at radius 2 is 2.38 bits per heavy atom. The normalized spacial score (nSPS) is 13.2. The summed E-state index contributed by atoms with van der Waals surface area (Å²) in [5, 5.41) is 8.14. The molecule has 0 saturated heterocycles. The largest absolute Gasteiger partial charge is 0.481 e. The second-order valence-electron chi connectivity index (χ2n) is 1.77. The lowest BCUT2D eigenvalue weighted by Crippen LogP contribution is -2.22. The molecule has 8 heavy (non-hydrogen) atoms. The first-order valence-electron chi connectivity index (χ1n) is 2.64. The van der Waals surface area contributed by atoms with Crippen molar-refractivity contribution in [1.82, 2.24) is 0 Å². The number of hydrogen-bond donors (Lipinski definition) is 2. The molecule has 3 heteroatoms. The summed E-state index contributed by atoms with van der Waals surface area (Å²) >= 11 is 0. The van der Waals surface area contributed by atoms with E-state index in [0.29, 0.717) is 0 Å². The van der Waals surface area contributed by atoms with Crippen LogP contribution >= 0.6 is 0 Å². The lowest BCUT2D eigenvalue weighted by Gasteiger charge is -2.01. The molecule has 0 aromatic carbocycles. The zero-order chi connectivity index (χ0) is 6.57. The molecular weight excluding hydrogens is 106 g/mol. The Labute approximate surface area is 48.5 Å². The summed E-state index contributed by atoms with van der Waals surface area (Å²) in [5.41, 5.74) is 5.29. The van der Waals surface area contributed by atoms with Crippen LogP contribution in [0.25, 0.3) is 0 Å². The van der Waals surface area contributed by atoms with Crippen LogP contribution in [0.5, 0.6) is 0 Å². The Hall–Kier alpha value is -0.570. The SMILES string of the molecule is CC[C@H](N)CC(=O)O. The van der Waals surface area contributed by atoms with Crippen molar-refractivity contribution >= 4 is 5.97 Å². The van der Waals surface area contributed by atoms with Crippen molar-refractivity contribution in [2.24, 2.45) is 5.73 Å². The zero-order valence-electron chi connectivity index (χ0n) is 4.92.